The lowest BCUT2D eigenvalue weighted by Crippen LogP contribution is -2.41. The van der Waals surface area contributed by atoms with Crippen LogP contribution in [0.15, 0.2) is 36.4 Å². The van der Waals surface area contributed by atoms with Gasteiger partial charge in [-0.2, -0.15) is 8.78 Å². The molecule has 0 aliphatic heterocycles. The van der Waals surface area contributed by atoms with Gasteiger partial charge in [0.1, 0.15) is 5.75 Å². The summed E-state index contributed by atoms with van der Waals surface area (Å²) in [4.78, 5) is 0. The van der Waals surface area contributed by atoms with Crippen molar-refractivity contribution in [3.05, 3.63) is 42.0 Å². The highest BCUT2D eigenvalue weighted by Gasteiger charge is 2.44. The summed E-state index contributed by atoms with van der Waals surface area (Å²) in [5.41, 5.74) is 1.30. The molecule has 0 spiro atoms. The van der Waals surface area contributed by atoms with Crippen molar-refractivity contribution in [2.24, 2.45) is 29.6 Å². The summed E-state index contributed by atoms with van der Waals surface area (Å²) < 4.78 is 29.2. The molecule has 154 valence electrons. The molecule has 3 heteroatoms. The molecule has 0 saturated heterocycles. The van der Waals surface area contributed by atoms with Gasteiger partial charge in [-0.05, 0) is 111 Å². The summed E-state index contributed by atoms with van der Waals surface area (Å²) in [6.07, 6.45) is 16.9. The van der Waals surface area contributed by atoms with Crippen molar-refractivity contribution in [3.8, 4) is 5.75 Å². The van der Waals surface area contributed by atoms with Gasteiger partial charge in [-0.1, -0.05) is 31.2 Å². The van der Waals surface area contributed by atoms with Crippen molar-refractivity contribution >= 4 is 0 Å². The molecule has 4 rings (SSSR count). The van der Waals surface area contributed by atoms with E-state index in [-0.39, 0.29) is 5.75 Å². The van der Waals surface area contributed by atoms with Crippen molar-refractivity contribution < 1.29 is 13.5 Å². The van der Waals surface area contributed by atoms with Gasteiger partial charge in [0.05, 0.1) is 0 Å². The predicted octanol–water partition coefficient (Wildman–Crippen LogP) is 7.58. The molecule has 3 aliphatic rings. The van der Waals surface area contributed by atoms with E-state index >= 15 is 0 Å². The molecule has 0 radical (unpaired) electrons. The third kappa shape index (κ3) is 4.44. The summed E-state index contributed by atoms with van der Waals surface area (Å²) in [5.74, 6) is 5.36. The maximum absolute atomic E-state index is 12.4. The van der Waals surface area contributed by atoms with Gasteiger partial charge in [-0.25, -0.2) is 0 Å². The van der Waals surface area contributed by atoms with Crippen LogP contribution in [0, 0.1) is 29.6 Å². The molecule has 0 amide bonds. The standard InChI is InChI=1S/C25H34F2O/c1-2-3-4-17-5-13-23-20(15-17)6-7-21-16-19(10-14-24(21)23)18-8-11-22(12-9-18)28-25(26)27/h3-4,8-9,11-12,17,19-21,23-25H,2,5-7,10,13-16H2,1H3. The SMILES string of the molecule is CCC=CC1CCC2C(CCC3CC(c4ccc(OC(F)F)cc4)CCC32)C1. The zero-order chi connectivity index (χ0) is 19.5. The first-order chi connectivity index (χ1) is 13.6. The summed E-state index contributed by atoms with van der Waals surface area (Å²) >= 11 is 0. The highest BCUT2D eigenvalue weighted by Crippen LogP contribution is 2.54. The fraction of sp³-hybridized carbons (Fsp3) is 0.680. The summed E-state index contributed by atoms with van der Waals surface area (Å²) in [6, 6.07) is 7.41. The Hall–Kier alpha value is -1.38. The van der Waals surface area contributed by atoms with Crippen LogP contribution in [0.4, 0.5) is 8.78 Å². The summed E-state index contributed by atoms with van der Waals surface area (Å²) in [5, 5.41) is 0. The predicted molar refractivity (Wildman–Crippen MR) is 110 cm³/mol. The number of benzene rings is 1. The topological polar surface area (TPSA) is 9.23 Å². The second-order valence-corrected chi connectivity index (χ2v) is 9.29. The normalized spacial score (nSPS) is 35.6. The third-order valence-corrected chi connectivity index (χ3v) is 7.80. The van der Waals surface area contributed by atoms with Crippen molar-refractivity contribution in [1.82, 2.24) is 0 Å². The average molecular weight is 389 g/mol. The minimum Gasteiger partial charge on any atom is -0.435 e. The largest absolute Gasteiger partial charge is 0.435 e. The Labute approximate surface area is 168 Å². The molecule has 28 heavy (non-hydrogen) atoms. The third-order valence-electron chi connectivity index (χ3n) is 7.80. The fourth-order valence-electron chi connectivity index (χ4n) is 6.56. The van der Waals surface area contributed by atoms with Crippen LogP contribution < -0.4 is 4.74 Å². The molecule has 3 aliphatic carbocycles. The maximum atomic E-state index is 12.4. The van der Waals surface area contributed by atoms with Gasteiger partial charge in [0.15, 0.2) is 0 Å². The zero-order valence-corrected chi connectivity index (χ0v) is 17.0. The van der Waals surface area contributed by atoms with E-state index in [2.05, 4.69) is 23.8 Å². The average Bonchev–Trinajstić information content (AvgIpc) is 2.71. The molecule has 0 N–H and O–H groups in total. The Morgan fingerprint density at radius 2 is 1.61 bits per heavy atom. The molecule has 3 saturated carbocycles. The Bertz CT molecular complexity index is 653. The number of fused-ring (bicyclic) bond motifs is 3. The molecular formula is C25H34F2O. The van der Waals surface area contributed by atoms with Crippen LogP contribution in [0.1, 0.15) is 76.2 Å². The minimum atomic E-state index is -2.75. The first kappa shape index (κ1) is 19.9. The summed E-state index contributed by atoms with van der Waals surface area (Å²) in [7, 11) is 0. The van der Waals surface area contributed by atoms with Crippen LogP contribution >= 0.6 is 0 Å². The molecule has 0 bridgehead atoms. The van der Waals surface area contributed by atoms with Crippen LogP contribution in [-0.2, 0) is 0 Å². The van der Waals surface area contributed by atoms with Gasteiger partial charge in [0.2, 0.25) is 0 Å². The number of allylic oxidation sites excluding steroid dienone is 2. The van der Waals surface area contributed by atoms with Gasteiger partial charge in [-0.3, -0.25) is 0 Å². The van der Waals surface area contributed by atoms with E-state index in [0.29, 0.717) is 5.92 Å². The lowest BCUT2D eigenvalue weighted by atomic mass is 9.55. The molecule has 0 aromatic heterocycles. The molecule has 3 fully saturated rings. The van der Waals surface area contributed by atoms with Crippen molar-refractivity contribution in [3.63, 3.8) is 0 Å². The van der Waals surface area contributed by atoms with Gasteiger partial charge in [0, 0.05) is 0 Å². The quantitative estimate of drug-likeness (QED) is 0.472. The highest BCUT2D eigenvalue weighted by atomic mass is 19.3. The maximum Gasteiger partial charge on any atom is 0.387 e. The summed E-state index contributed by atoms with van der Waals surface area (Å²) in [6.45, 7) is -0.519. The van der Waals surface area contributed by atoms with Crippen molar-refractivity contribution in [1.29, 1.82) is 0 Å². The van der Waals surface area contributed by atoms with Gasteiger partial charge in [-0.15, -0.1) is 0 Å². The molecule has 6 atom stereocenters. The molecule has 6 unspecified atom stereocenters. The molecule has 1 nitrogen and oxygen atoms in total. The van der Waals surface area contributed by atoms with E-state index in [0.717, 1.165) is 36.0 Å². The Morgan fingerprint density at radius 3 is 2.29 bits per heavy atom. The number of hydrogen-bond acceptors (Lipinski definition) is 1. The number of halogens is 2. The number of rotatable bonds is 5. The van der Waals surface area contributed by atoms with Gasteiger partial charge in [0.25, 0.3) is 0 Å². The van der Waals surface area contributed by atoms with Crippen LogP contribution in [0.5, 0.6) is 5.75 Å². The Morgan fingerprint density at radius 1 is 0.929 bits per heavy atom. The number of ether oxygens (including phenoxy) is 1. The van der Waals surface area contributed by atoms with Crippen molar-refractivity contribution in [2.75, 3.05) is 0 Å². The van der Waals surface area contributed by atoms with Crippen LogP contribution in [-0.4, -0.2) is 6.61 Å². The van der Waals surface area contributed by atoms with Gasteiger partial charge >= 0.3 is 6.61 Å². The minimum absolute atomic E-state index is 0.266. The van der Waals surface area contributed by atoms with E-state index in [1.54, 1.807) is 12.1 Å². The van der Waals surface area contributed by atoms with Gasteiger partial charge < -0.3 is 4.74 Å². The first-order valence-electron chi connectivity index (χ1n) is 11.4. The van der Waals surface area contributed by atoms with Crippen LogP contribution in [0.25, 0.3) is 0 Å². The molecule has 1 aromatic carbocycles. The fourth-order valence-corrected chi connectivity index (χ4v) is 6.56. The Kier molecular flexibility index (Phi) is 6.38. The van der Waals surface area contributed by atoms with Crippen LogP contribution in [0.2, 0.25) is 0 Å². The van der Waals surface area contributed by atoms with E-state index in [9.17, 15) is 8.78 Å². The number of hydrogen-bond donors (Lipinski definition) is 0. The van der Waals surface area contributed by atoms with Crippen LogP contribution in [0.3, 0.4) is 0 Å². The highest BCUT2D eigenvalue weighted by molar-refractivity contribution is 5.30. The lowest BCUT2D eigenvalue weighted by Gasteiger charge is -2.50. The van der Waals surface area contributed by atoms with E-state index < -0.39 is 6.61 Å². The molecule has 0 heterocycles. The van der Waals surface area contributed by atoms with Crippen molar-refractivity contribution in [2.45, 2.75) is 77.2 Å². The Balaban J connectivity index is 1.36. The lowest BCUT2D eigenvalue weighted by molar-refractivity contribution is -0.0498. The first-order valence-corrected chi connectivity index (χ1v) is 11.4. The molecule has 1 aromatic rings. The van der Waals surface area contributed by atoms with E-state index in [1.165, 1.54) is 56.9 Å². The number of alkyl halides is 2. The monoisotopic (exact) mass is 388 g/mol. The molecular weight excluding hydrogens is 354 g/mol. The smallest absolute Gasteiger partial charge is 0.387 e. The van der Waals surface area contributed by atoms with E-state index in [4.69, 9.17) is 0 Å². The second kappa shape index (κ2) is 8.97. The second-order valence-electron chi connectivity index (χ2n) is 9.29. The zero-order valence-electron chi connectivity index (χ0n) is 17.0. The van der Waals surface area contributed by atoms with E-state index in [1.807, 2.05) is 12.1 Å².